The fraction of sp³-hybridized carbons (Fsp3) is 0.929. The highest BCUT2D eigenvalue weighted by molar-refractivity contribution is 5.84. The van der Waals surface area contributed by atoms with Gasteiger partial charge in [-0.1, -0.05) is 20.8 Å². The summed E-state index contributed by atoms with van der Waals surface area (Å²) >= 11 is 0. The number of piperidine rings is 1. The fourth-order valence-electron chi connectivity index (χ4n) is 2.40. The van der Waals surface area contributed by atoms with Crippen LogP contribution < -0.4 is 10.6 Å². The van der Waals surface area contributed by atoms with Crippen LogP contribution >= 0.6 is 0 Å². The molecule has 18 heavy (non-hydrogen) atoms. The Morgan fingerprint density at radius 1 is 1.56 bits per heavy atom. The molecular formula is C14H28N2O2. The molecule has 1 saturated heterocycles. The summed E-state index contributed by atoms with van der Waals surface area (Å²) in [5.41, 5.74) is -0.472. The summed E-state index contributed by atoms with van der Waals surface area (Å²) in [7, 11) is 1.59. The standard InChI is InChI=1S/C14H28N2O2/c1-6-14(4,18-5)12(17)16-10-11-13(2,3)8-7-9-15-11/h11,15H,6-10H2,1-5H3,(H,16,17). The molecule has 0 aromatic carbocycles. The van der Waals surface area contributed by atoms with Crippen molar-refractivity contribution in [3.05, 3.63) is 0 Å². The molecule has 2 atom stereocenters. The number of methoxy groups -OCH3 is 1. The van der Waals surface area contributed by atoms with E-state index in [1.807, 2.05) is 13.8 Å². The molecule has 0 aromatic rings. The van der Waals surface area contributed by atoms with E-state index in [1.54, 1.807) is 7.11 Å². The molecule has 0 saturated carbocycles. The molecule has 0 bridgehead atoms. The lowest BCUT2D eigenvalue weighted by molar-refractivity contribution is -0.142. The van der Waals surface area contributed by atoms with Crippen LogP contribution in [0.3, 0.4) is 0 Å². The smallest absolute Gasteiger partial charge is 0.251 e. The highest BCUT2D eigenvalue weighted by atomic mass is 16.5. The SMILES string of the molecule is CCC(C)(OC)C(=O)NCC1NCCCC1(C)C. The van der Waals surface area contributed by atoms with E-state index in [4.69, 9.17) is 4.74 Å². The molecule has 0 spiro atoms. The largest absolute Gasteiger partial charge is 0.369 e. The van der Waals surface area contributed by atoms with Crippen molar-refractivity contribution in [1.82, 2.24) is 10.6 Å². The lowest BCUT2D eigenvalue weighted by atomic mass is 9.77. The van der Waals surface area contributed by atoms with Crippen LogP contribution in [-0.4, -0.2) is 37.7 Å². The molecule has 1 rings (SSSR count). The van der Waals surface area contributed by atoms with E-state index in [2.05, 4.69) is 24.5 Å². The van der Waals surface area contributed by atoms with E-state index in [0.29, 0.717) is 19.0 Å². The molecule has 0 radical (unpaired) electrons. The Labute approximate surface area is 111 Å². The Morgan fingerprint density at radius 2 is 2.22 bits per heavy atom. The van der Waals surface area contributed by atoms with Crippen LogP contribution in [0.15, 0.2) is 0 Å². The third kappa shape index (κ3) is 3.45. The second-order valence-corrected chi connectivity index (χ2v) is 6.10. The molecule has 0 aliphatic carbocycles. The van der Waals surface area contributed by atoms with E-state index in [9.17, 15) is 4.79 Å². The van der Waals surface area contributed by atoms with Gasteiger partial charge < -0.3 is 15.4 Å². The molecule has 1 amide bonds. The lowest BCUT2D eigenvalue weighted by Gasteiger charge is -2.40. The predicted octanol–water partition coefficient (Wildman–Crippen LogP) is 1.70. The predicted molar refractivity (Wildman–Crippen MR) is 73.5 cm³/mol. The molecule has 0 aromatic heterocycles. The van der Waals surface area contributed by atoms with Crippen molar-refractivity contribution in [2.75, 3.05) is 20.2 Å². The molecule has 1 aliphatic rings. The summed E-state index contributed by atoms with van der Waals surface area (Å²) < 4.78 is 5.31. The first-order valence-electron chi connectivity index (χ1n) is 6.92. The minimum Gasteiger partial charge on any atom is -0.369 e. The van der Waals surface area contributed by atoms with Crippen LogP contribution in [0.5, 0.6) is 0 Å². The van der Waals surface area contributed by atoms with E-state index < -0.39 is 5.60 Å². The number of rotatable bonds is 5. The van der Waals surface area contributed by atoms with Crippen molar-refractivity contribution in [2.45, 2.75) is 58.6 Å². The minimum absolute atomic E-state index is 0.0179. The molecule has 106 valence electrons. The van der Waals surface area contributed by atoms with E-state index >= 15 is 0 Å². The molecule has 1 aliphatic heterocycles. The van der Waals surface area contributed by atoms with Gasteiger partial charge in [-0.15, -0.1) is 0 Å². The summed E-state index contributed by atoms with van der Waals surface area (Å²) in [5.74, 6) is -0.0179. The Bertz CT molecular complexity index is 286. The fourth-order valence-corrected chi connectivity index (χ4v) is 2.40. The van der Waals surface area contributed by atoms with Gasteiger partial charge in [0.2, 0.25) is 0 Å². The molecule has 2 unspecified atom stereocenters. The third-order valence-corrected chi connectivity index (χ3v) is 4.40. The average Bonchev–Trinajstić information content (AvgIpc) is 2.35. The molecule has 2 N–H and O–H groups in total. The zero-order valence-corrected chi connectivity index (χ0v) is 12.4. The topological polar surface area (TPSA) is 50.4 Å². The normalized spacial score (nSPS) is 26.4. The van der Waals surface area contributed by atoms with Crippen LogP contribution in [0, 0.1) is 5.41 Å². The zero-order valence-electron chi connectivity index (χ0n) is 12.4. The van der Waals surface area contributed by atoms with Crippen LogP contribution in [-0.2, 0) is 9.53 Å². The maximum absolute atomic E-state index is 12.1. The second-order valence-electron chi connectivity index (χ2n) is 6.10. The van der Waals surface area contributed by atoms with Gasteiger partial charge in [0, 0.05) is 19.7 Å². The van der Waals surface area contributed by atoms with Gasteiger partial charge in [0.1, 0.15) is 5.60 Å². The molecule has 1 heterocycles. The molecule has 1 fully saturated rings. The summed E-state index contributed by atoms with van der Waals surface area (Å²) in [4.78, 5) is 12.1. The highest BCUT2D eigenvalue weighted by Gasteiger charge is 2.35. The van der Waals surface area contributed by atoms with Crippen molar-refractivity contribution in [2.24, 2.45) is 5.41 Å². The Kier molecular flexibility index (Phi) is 5.17. The van der Waals surface area contributed by atoms with Gasteiger partial charge >= 0.3 is 0 Å². The summed E-state index contributed by atoms with van der Waals surface area (Å²) in [6.45, 7) is 10.0. The van der Waals surface area contributed by atoms with Gasteiger partial charge in [-0.2, -0.15) is 0 Å². The number of hydrogen-bond donors (Lipinski definition) is 2. The first kappa shape index (κ1) is 15.4. The van der Waals surface area contributed by atoms with Crippen LogP contribution in [0.4, 0.5) is 0 Å². The van der Waals surface area contributed by atoms with Crippen molar-refractivity contribution in [3.63, 3.8) is 0 Å². The maximum Gasteiger partial charge on any atom is 0.251 e. The average molecular weight is 256 g/mol. The monoisotopic (exact) mass is 256 g/mol. The Morgan fingerprint density at radius 3 is 2.72 bits per heavy atom. The number of amides is 1. The van der Waals surface area contributed by atoms with Crippen molar-refractivity contribution in [3.8, 4) is 0 Å². The lowest BCUT2D eigenvalue weighted by Crippen LogP contribution is -2.55. The summed E-state index contributed by atoms with van der Waals surface area (Å²) in [6, 6.07) is 0.341. The van der Waals surface area contributed by atoms with Gasteiger partial charge in [-0.05, 0) is 38.1 Å². The summed E-state index contributed by atoms with van der Waals surface area (Å²) in [5, 5.41) is 6.52. The Balaban J connectivity index is 2.52. The molecular weight excluding hydrogens is 228 g/mol. The van der Waals surface area contributed by atoms with E-state index in [1.165, 1.54) is 12.8 Å². The van der Waals surface area contributed by atoms with Gasteiger partial charge in [-0.3, -0.25) is 4.79 Å². The van der Waals surface area contributed by atoms with Crippen molar-refractivity contribution < 1.29 is 9.53 Å². The first-order chi connectivity index (χ1) is 8.35. The number of nitrogens with one attached hydrogen (secondary N) is 2. The van der Waals surface area contributed by atoms with Gasteiger partial charge in [-0.25, -0.2) is 0 Å². The van der Waals surface area contributed by atoms with Crippen LogP contribution in [0.2, 0.25) is 0 Å². The third-order valence-electron chi connectivity index (χ3n) is 4.40. The second kappa shape index (κ2) is 6.02. The number of carbonyl (C=O) groups is 1. The van der Waals surface area contributed by atoms with Gasteiger partial charge in [0.05, 0.1) is 0 Å². The van der Waals surface area contributed by atoms with Crippen molar-refractivity contribution in [1.29, 1.82) is 0 Å². The van der Waals surface area contributed by atoms with Gasteiger partial charge in [0.15, 0.2) is 0 Å². The van der Waals surface area contributed by atoms with Gasteiger partial charge in [0.25, 0.3) is 5.91 Å². The van der Waals surface area contributed by atoms with Crippen LogP contribution in [0.1, 0.15) is 47.0 Å². The minimum atomic E-state index is -0.710. The molecule has 4 nitrogen and oxygen atoms in total. The Hall–Kier alpha value is -0.610. The van der Waals surface area contributed by atoms with E-state index in [0.717, 1.165) is 6.54 Å². The summed E-state index contributed by atoms with van der Waals surface area (Å²) in [6.07, 6.45) is 3.09. The number of carbonyl (C=O) groups excluding carboxylic acids is 1. The molecule has 4 heteroatoms. The van der Waals surface area contributed by atoms with E-state index in [-0.39, 0.29) is 11.3 Å². The van der Waals surface area contributed by atoms with Crippen molar-refractivity contribution >= 4 is 5.91 Å². The maximum atomic E-state index is 12.1. The number of hydrogen-bond acceptors (Lipinski definition) is 3. The highest BCUT2D eigenvalue weighted by Crippen LogP contribution is 2.29. The van der Waals surface area contributed by atoms with Crippen LogP contribution in [0.25, 0.3) is 0 Å². The first-order valence-corrected chi connectivity index (χ1v) is 6.92. The zero-order chi connectivity index (χ0) is 13.8. The number of ether oxygens (including phenoxy) is 1. The quantitative estimate of drug-likeness (QED) is 0.787.